The van der Waals surface area contributed by atoms with Crippen LogP contribution in [0.3, 0.4) is 0 Å². The lowest BCUT2D eigenvalue weighted by atomic mass is 10.0. The van der Waals surface area contributed by atoms with Crippen LogP contribution in [-0.2, 0) is 20.7 Å². The highest BCUT2D eigenvalue weighted by Gasteiger charge is 2.06. The van der Waals surface area contributed by atoms with Crippen molar-refractivity contribution in [1.82, 2.24) is 9.62 Å². The first kappa shape index (κ1) is 18.2. The van der Waals surface area contributed by atoms with Gasteiger partial charge in [0.1, 0.15) is 6.61 Å². The maximum absolute atomic E-state index is 11.8. The van der Waals surface area contributed by atoms with E-state index in [-0.39, 0.29) is 24.9 Å². The summed E-state index contributed by atoms with van der Waals surface area (Å²) in [6.45, 7) is 0.836. The number of hydrogen-bond acceptors (Lipinski definition) is 4. The molecule has 0 saturated carbocycles. The van der Waals surface area contributed by atoms with Crippen LogP contribution in [0.5, 0.6) is 0 Å². The fourth-order valence-corrected chi connectivity index (χ4v) is 2.56. The molecule has 0 bridgehead atoms. The number of ether oxygens (including phenoxy) is 1. The zero-order valence-electron chi connectivity index (χ0n) is 13.7. The van der Waals surface area contributed by atoms with Crippen molar-refractivity contribution in [2.75, 3.05) is 19.7 Å². The molecule has 0 spiro atoms. The Morgan fingerprint density at radius 3 is 2.29 bits per heavy atom. The Bertz CT molecular complexity index is 660. The molecule has 6 heteroatoms. The van der Waals surface area contributed by atoms with E-state index >= 15 is 0 Å². The van der Waals surface area contributed by atoms with E-state index in [4.69, 9.17) is 4.74 Å². The lowest BCUT2D eigenvalue weighted by Gasteiger charge is -2.07. The van der Waals surface area contributed by atoms with Gasteiger partial charge in [-0.05, 0) is 16.7 Å². The molecule has 0 saturated heterocycles. The zero-order chi connectivity index (χ0) is 17.2. The summed E-state index contributed by atoms with van der Waals surface area (Å²) < 4.78 is 8.01. The van der Waals surface area contributed by atoms with Gasteiger partial charge in [-0.15, -0.1) is 0 Å². The number of esters is 1. The molecule has 2 aromatic carbocycles. The molecule has 5 nitrogen and oxygen atoms in total. The Labute approximate surface area is 150 Å². The number of benzene rings is 2. The molecule has 24 heavy (non-hydrogen) atoms. The Hall–Kier alpha value is -2.13. The summed E-state index contributed by atoms with van der Waals surface area (Å²) in [5.41, 5.74) is 3.17. The molecule has 2 rings (SSSR count). The highest BCUT2D eigenvalue weighted by molar-refractivity contribution is 6.06. The van der Waals surface area contributed by atoms with Gasteiger partial charge in [-0.3, -0.25) is 9.59 Å². The summed E-state index contributed by atoms with van der Waals surface area (Å²) in [6, 6.07) is 17.9. The minimum absolute atomic E-state index is 0.0856. The minimum Gasteiger partial charge on any atom is -0.464 e. The van der Waals surface area contributed by atoms with Crippen LogP contribution in [0.25, 0.3) is 11.1 Å². The molecule has 124 valence electrons. The number of rotatable bonds is 8. The number of carbonyl (C=O) groups is 2. The number of hydrogen-bond donors (Lipinski definition) is 2. The second-order valence-electron chi connectivity index (χ2n) is 5.34. The van der Waals surface area contributed by atoms with Crippen molar-refractivity contribution >= 4 is 28.4 Å². The molecule has 2 aromatic rings. The summed E-state index contributed by atoms with van der Waals surface area (Å²) in [7, 11) is 0. The summed E-state index contributed by atoms with van der Waals surface area (Å²) in [6.07, 6.45) is 0.227. The first-order valence-corrected chi connectivity index (χ1v) is 8.90. The van der Waals surface area contributed by atoms with Crippen LogP contribution in [-0.4, -0.2) is 48.1 Å². The SMILES string of the molecule is O=C(C[NH][AlH2])NCCOC(=O)Cc1ccc(-c2ccccc2)cc1. The quantitative estimate of drug-likeness (QED) is 0.422. The molecule has 0 aromatic heterocycles. The average Bonchev–Trinajstić information content (AvgIpc) is 2.60. The minimum atomic E-state index is -0.294. The highest BCUT2D eigenvalue weighted by atomic mass is 27.1. The van der Waals surface area contributed by atoms with Crippen LogP contribution >= 0.6 is 0 Å². The second-order valence-corrected chi connectivity index (χ2v) is 6.05. The smallest absolute Gasteiger partial charge is 0.319 e. The summed E-state index contributed by atoms with van der Waals surface area (Å²) >= 11 is 0.774. The third kappa shape index (κ3) is 6.17. The Morgan fingerprint density at radius 2 is 1.62 bits per heavy atom. The predicted octanol–water partition coefficient (Wildman–Crippen LogP) is 0.693. The topological polar surface area (TPSA) is 67.4 Å². The van der Waals surface area contributed by atoms with Crippen LogP contribution in [0, 0.1) is 0 Å². The molecule has 0 aliphatic carbocycles. The average molecular weight is 340 g/mol. The van der Waals surface area contributed by atoms with Crippen LogP contribution in [0.4, 0.5) is 0 Å². The van der Waals surface area contributed by atoms with Crippen molar-refractivity contribution in [2.24, 2.45) is 0 Å². The van der Waals surface area contributed by atoms with E-state index in [0.717, 1.165) is 33.2 Å². The third-order valence-electron chi connectivity index (χ3n) is 3.43. The van der Waals surface area contributed by atoms with Gasteiger partial charge in [0.05, 0.1) is 19.5 Å². The van der Waals surface area contributed by atoms with Gasteiger partial charge in [0, 0.05) is 0 Å². The fraction of sp³-hybridized carbons (Fsp3) is 0.222. The van der Waals surface area contributed by atoms with Crippen molar-refractivity contribution < 1.29 is 14.3 Å². The normalized spacial score (nSPS) is 10.2. The Balaban J connectivity index is 1.75. The lowest BCUT2D eigenvalue weighted by molar-refractivity contribution is -0.143. The van der Waals surface area contributed by atoms with E-state index in [1.54, 1.807) is 0 Å². The van der Waals surface area contributed by atoms with Crippen molar-refractivity contribution in [3.05, 3.63) is 60.2 Å². The molecule has 0 aliphatic rings. The van der Waals surface area contributed by atoms with E-state index in [0.29, 0.717) is 13.1 Å². The van der Waals surface area contributed by atoms with Gasteiger partial charge in [0.25, 0.3) is 0 Å². The van der Waals surface area contributed by atoms with Crippen molar-refractivity contribution in [1.29, 1.82) is 0 Å². The van der Waals surface area contributed by atoms with Gasteiger partial charge < -0.3 is 14.4 Å². The lowest BCUT2D eigenvalue weighted by Crippen LogP contribution is -2.35. The van der Waals surface area contributed by atoms with Gasteiger partial charge in [0.15, 0.2) is 0 Å². The molecule has 1 amide bonds. The first-order valence-electron chi connectivity index (χ1n) is 7.90. The monoisotopic (exact) mass is 340 g/mol. The first-order chi connectivity index (χ1) is 11.7. The zero-order valence-corrected chi connectivity index (χ0v) is 15.7. The molecular weight excluding hydrogens is 319 g/mol. The molecule has 0 atom stereocenters. The molecule has 0 fully saturated rings. The van der Waals surface area contributed by atoms with E-state index in [1.807, 2.05) is 54.6 Å². The molecule has 0 unspecified atom stereocenters. The maximum atomic E-state index is 11.8. The van der Waals surface area contributed by atoms with Crippen molar-refractivity contribution in [2.45, 2.75) is 6.42 Å². The number of carbonyl (C=O) groups excluding carboxylic acids is 2. The summed E-state index contributed by atoms with van der Waals surface area (Å²) in [5, 5.41) is 2.67. The van der Waals surface area contributed by atoms with Crippen LogP contribution in [0.15, 0.2) is 54.6 Å². The van der Waals surface area contributed by atoms with Crippen LogP contribution < -0.4 is 9.62 Å². The van der Waals surface area contributed by atoms with E-state index in [9.17, 15) is 9.59 Å². The second kappa shape index (κ2) is 9.89. The predicted molar refractivity (Wildman–Crippen MR) is 96.1 cm³/mol. The Morgan fingerprint density at radius 1 is 0.958 bits per heavy atom. The van der Waals surface area contributed by atoms with Gasteiger partial charge >= 0.3 is 22.5 Å². The number of nitrogens with one attached hydrogen (secondary N) is 2. The molecule has 0 radical (unpaired) electrons. The maximum Gasteiger partial charge on any atom is 0.319 e. The highest BCUT2D eigenvalue weighted by Crippen LogP contribution is 2.19. The summed E-state index contributed by atoms with van der Waals surface area (Å²) in [4.78, 5) is 23.0. The summed E-state index contributed by atoms with van der Waals surface area (Å²) in [5.74, 6) is -0.379. The van der Waals surface area contributed by atoms with Gasteiger partial charge in [-0.2, -0.15) is 0 Å². The van der Waals surface area contributed by atoms with Crippen LogP contribution in [0.1, 0.15) is 5.56 Å². The molecule has 2 N–H and O–H groups in total. The molecule has 0 heterocycles. The van der Waals surface area contributed by atoms with Crippen LogP contribution in [0.2, 0.25) is 0 Å². The van der Waals surface area contributed by atoms with Crippen molar-refractivity contribution in [3.63, 3.8) is 0 Å². The van der Waals surface area contributed by atoms with Crippen molar-refractivity contribution in [3.8, 4) is 11.1 Å². The van der Waals surface area contributed by atoms with Gasteiger partial charge in [0.2, 0.25) is 5.91 Å². The van der Waals surface area contributed by atoms with Gasteiger partial charge in [-0.25, -0.2) is 0 Å². The van der Waals surface area contributed by atoms with E-state index in [2.05, 4.69) is 9.62 Å². The third-order valence-corrected chi connectivity index (χ3v) is 3.79. The van der Waals surface area contributed by atoms with E-state index < -0.39 is 0 Å². The van der Waals surface area contributed by atoms with Gasteiger partial charge in [-0.1, -0.05) is 54.6 Å². The number of amides is 1. The Kier molecular flexibility index (Phi) is 7.50. The van der Waals surface area contributed by atoms with E-state index in [1.165, 1.54) is 0 Å². The molecular formula is C18H21AlN2O3. The largest absolute Gasteiger partial charge is 0.464 e. The molecule has 0 aliphatic heterocycles. The standard InChI is InChI=1S/C18H19N2O3.Al.2H/c19-13-17(21)20-10-11-23-18(22)12-14-6-8-16(9-7-14)15-4-2-1-3-5-15;;;/h1-9,19H,10-13H2,(H,20,21);;;/q-1;+1;;. The fourth-order valence-electron chi connectivity index (χ4n) is 2.24.